The molecule has 0 saturated carbocycles. The number of hydrogen-bond donors (Lipinski definition) is 1. The molecule has 1 atom stereocenters. The summed E-state index contributed by atoms with van der Waals surface area (Å²) in [6.45, 7) is 3.03. The normalized spacial score (nSPS) is 12.3. The second kappa shape index (κ2) is 7.73. The van der Waals surface area contributed by atoms with Crippen molar-refractivity contribution in [3.05, 3.63) is 33.8 Å². The lowest BCUT2D eigenvalue weighted by atomic mass is 10.0. The van der Waals surface area contributed by atoms with E-state index in [1.54, 1.807) is 18.0 Å². The number of carbonyl (C=O) groups is 1. The van der Waals surface area contributed by atoms with Crippen LogP contribution in [0.25, 0.3) is 0 Å². The molecule has 5 heteroatoms. The van der Waals surface area contributed by atoms with Gasteiger partial charge in [-0.2, -0.15) is 0 Å². The number of nitrogens with zero attached hydrogens (tertiary/aromatic N) is 1. The standard InChI is InChI=1S/C14H20Cl2N2O/c1-3-10(8-17)7-13(19)18(2)9-11-5-4-6-12(15)14(11)16/h4-6,10H,3,7-9,17H2,1-2H3. The Labute approximate surface area is 124 Å². The van der Waals surface area contributed by atoms with Crippen molar-refractivity contribution in [3.63, 3.8) is 0 Å². The molecule has 0 heterocycles. The number of hydrogen-bond acceptors (Lipinski definition) is 2. The van der Waals surface area contributed by atoms with Gasteiger partial charge in [-0.1, -0.05) is 48.7 Å². The molecule has 0 radical (unpaired) electrons. The quantitative estimate of drug-likeness (QED) is 0.876. The van der Waals surface area contributed by atoms with Gasteiger partial charge in [-0.05, 0) is 24.1 Å². The molecule has 1 unspecified atom stereocenters. The fourth-order valence-electron chi connectivity index (χ4n) is 1.81. The molecule has 0 bridgehead atoms. The van der Waals surface area contributed by atoms with Gasteiger partial charge in [-0.25, -0.2) is 0 Å². The maximum Gasteiger partial charge on any atom is 0.222 e. The third kappa shape index (κ3) is 4.68. The summed E-state index contributed by atoms with van der Waals surface area (Å²) in [5.41, 5.74) is 6.47. The van der Waals surface area contributed by atoms with E-state index >= 15 is 0 Å². The van der Waals surface area contributed by atoms with Gasteiger partial charge in [-0.3, -0.25) is 4.79 Å². The molecule has 106 valence electrons. The van der Waals surface area contributed by atoms with E-state index in [-0.39, 0.29) is 11.8 Å². The van der Waals surface area contributed by atoms with E-state index in [1.165, 1.54) is 0 Å². The highest BCUT2D eigenvalue weighted by molar-refractivity contribution is 6.42. The number of rotatable bonds is 6. The zero-order chi connectivity index (χ0) is 14.4. The van der Waals surface area contributed by atoms with Crippen molar-refractivity contribution < 1.29 is 4.79 Å². The lowest BCUT2D eigenvalue weighted by molar-refractivity contribution is -0.131. The molecule has 2 N–H and O–H groups in total. The summed E-state index contributed by atoms with van der Waals surface area (Å²) < 4.78 is 0. The minimum absolute atomic E-state index is 0.0772. The molecule has 0 aliphatic heterocycles. The highest BCUT2D eigenvalue weighted by atomic mass is 35.5. The average molecular weight is 303 g/mol. The van der Waals surface area contributed by atoms with Gasteiger partial charge in [-0.15, -0.1) is 0 Å². The monoisotopic (exact) mass is 302 g/mol. The molecule has 1 rings (SSSR count). The lowest BCUT2D eigenvalue weighted by Gasteiger charge is -2.21. The van der Waals surface area contributed by atoms with Crippen molar-refractivity contribution in [1.29, 1.82) is 0 Å². The van der Waals surface area contributed by atoms with E-state index < -0.39 is 0 Å². The number of benzene rings is 1. The van der Waals surface area contributed by atoms with Crippen molar-refractivity contribution in [2.24, 2.45) is 11.7 Å². The van der Waals surface area contributed by atoms with Crippen LogP contribution in [0, 0.1) is 5.92 Å². The second-order valence-corrected chi connectivity index (χ2v) is 5.46. The SMILES string of the molecule is CCC(CN)CC(=O)N(C)Cc1cccc(Cl)c1Cl. The highest BCUT2D eigenvalue weighted by Crippen LogP contribution is 2.26. The third-order valence-electron chi connectivity index (χ3n) is 3.24. The molecule has 0 saturated heterocycles. The molecule has 3 nitrogen and oxygen atoms in total. The van der Waals surface area contributed by atoms with E-state index in [1.807, 2.05) is 19.1 Å². The maximum absolute atomic E-state index is 12.1. The van der Waals surface area contributed by atoms with Crippen LogP contribution in [-0.2, 0) is 11.3 Å². The Bertz CT molecular complexity index is 433. The first-order valence-corrected chi connectivity index (χ1v) is 7.12. The van der Waals surface area contributed by atoms with E-state index in [4.69, 9.17) is 28.9 Å². The molecule has 1 aromatic rings. The Kier molecular flexibility index (Phi) is 6.63. The summed E-state index contributed by atoms with van der Waals surface area (Å²) in [6.07, 6.45) is 1.38. The first-order valence-electron chi connectivity index (χ1n) is 6.36. The summed E-state index contributed by atoms with van der Waals surface area (Å²) in [7, 11) is 1.77. The van der Waals surface area contributed by atoms with Gasteiger partial charge >= 0.3 is 0 Å². The van der Waals surface area contributed by atoms with Gasteiger partial charge in [0, 0.05) is 20.0 Å². The summed E-state index contributed by atoms with van der Waals surface area (Å²) in [4.78, 5) is 13.7. The molecule has 1 aromatic carbocycles. The molecule has 0 spiro atoms. The summed E-state index contributed by atoms with van der Waals surface area (Å²) in [5, 5.41) is 1.02. The molecular formula is C14H20Cl2N2O. The van der Waals surface area contributed by atoms with Crippen LogP contribution in [0.2, 0.25) is 10.0 Å². The van der Waals surface area contributed by atoms with Gasteiger partial charge < -0.3 is 10.6 Å². The fraction of sp³-hybridized carbons (Fsp3) is 0.500. The van der Waals surface area contributed by atoms with Crippen molar-refractivity contribution >= 4 is 29.1 Å². The minimum atomic E-state index is 0.0772. The Balaban J connectivity index is 2.66. The average Bonchev–Trinajstić information content (AvgIpc) is 2.40. The van der Waals surface area contributed by atoms with Crippen molar-refractivity contribution in [2.45, 2.75) is 26.3 Å². The fourth-order valence-corrected chi connectivity index (χ4v) is 2.19. The van der Waals surface area contributed by atoms with E-state index in [0.29, 0.717) is 29.6 Å². The van der Waals surface area contributed by atoms with Crippen LogP contribution in [-0.4, -0.2) is 24.4 Å². The Hall–Kier alpha value is -0.770. The van der Waals surface area contributed by atoms with Crippen LogP contribution in [0.1, 0.15) is 25.3 Å². The second-order valence-electron chi connectivity index (χ2n) is 4.68. The third-order valence-corrected chi connectivity index (χ3v) is 4.10. The van der Waals surface area contributed by atoms with Crippen LogP contribution in [0.5, 0.6) is 0 Å². The van der Waals surface area contributed by atoms with Gasteiger partial charge in [0.25, 0.3) is 0 Å². The summed E-state index contributed by atoms with van der Waals surface area (Å²) in [5.74, 6) is 0.318. The van der Waals surface area contributed by atoms with Crippen LogP contribution in [0.4, 0.5) is 0 Å². The maximum atomic E-state index is 12.1. The zero-order valence-electron chi connectivity index (χ0n) is 11.3. The van der Waals surface area contributed by atoms with Crippen LogP contribution >= 0.6 is 23.2 Å². The van der Waals surface area contributed by atoms with Crippen molar-refractivity contribution in [2.75, 3.05) is 13.6 Å². The first kappa shape index (κ1) is 16.3. The number of nitrogens with two attached hydrogens (primary N) is 1. The predicted octanol–water partition coefficient (Wildman–Crippen LogP) is 3.33. The van der Waals surface area contributed by atoms with Crippen molar-refractivity contribution in [3.8, 4) is 0 Å². The molecule has 0 aliphatic carbocycles. The smallest absolute Gasteiger partial charge is 0.222 e. The van der Waals surface area contributed by atoms with Gasteiger partial charge in [0.2, 0.25) is 5.91 Å². The zero-order valence-corrected chi connectivity index (χ0v) is 12.8. The molecule has 0 aliphatic rings. The largest absolute Gasteiger partial charge is 0.341 e. The van der Waals surface area contributed by atoms with Crippen LogP contribution < -0.4 is 5.73 Å². The van der Waals surface area contributed by atoms with Gasteiger partial charge in [0.1, 0.15) is 0 Å². The number of carbonyl (C=O) groups excluding carboxylic acids is 1. The Morgan fingerprint density at radius 1 is 1.42 bits per heavy atom. The van der Waals surface area contributed by atoms with Crippen LogP contribution in [0.3, 0.4) is 0 Å². The molecule has 0 aromatic heterocycles. The minimum Gasteiger partial charge on any atom is -0.341 e. The number of amides is 1. The predicted molar refractivity (Wildman–Crippen MR) is 80.4 cm³/mol. The Morgan fingerprint density at radius 3 is 2.68 bits per heavy atom. The Morgan fingerprint density at radius 2 is 2.11 bits per heavy atom. The van der Waals surface area contributed by atoms with E-state index in [2.05, 4.69) is 0 Å². The number of halogens is 2. The van der Waals surface area contributed by atoms with E-state index in [0.717, 1.165) is 12.0 Å². The summed E-state index contributed by atoms with van der Waals surface area (Å²) in [6, 6.07) is 5.44. The van der Waals surface area contributed by atoms with Crippen molar-refractivity contribution in [1.82, 2.24) is 4.90 Å². The summed E-state index contributed by atoms with van der Waals surface area (Å²) >= 11 is 12.1. The van der Waals surface area contributed by atoms with Gasteiger partial charge in [0.05, 0.1) is 10.0 Å². The van der Waals surface area contributed by atoms with Crippen LogP contribution in [0.15, 0.2) is 18.2 Å². The first-order chi connectivity index (χ1) is 8.99. The molecule has 19 heavy (non-hydrogen) atoms. The highest BCUT2D eigenvalue weighted by Gasteiger charge is 2.16. The topological polar surface area (TPSA) is 46.3 Å². The molecule has 1 amide bonds. The van der Waals surface area contributed by atoms with Gasteiger partial charge in [0.15, 0.2) is 0 Å². The molecular weight excluding hydrogens is 283 g/mol. The lowest BCUT2D eigenvalue weighted by Crippen LogP contribution is -2.30. The molecule has 0 fully saturated rings. The van der Waals surface area contributed by atoms with E-state index in [9.17, 15) is 4.79 Å².